The number of fused-ring (bicyclic) bond motifs is 3. The molecule has 1 aliphatic heterocycles. The van der Waals surface area contributed by atoms with E-state index in [4.69, 9.17) is 4.74 Å². The molecule has 1 amide bonds. The van der Waals surface area contributed by atoms with E-state index in [0.29, 0.717) is 38.3 Å². The Morgan fingerprint density at radius 1 is 0.914 bits per heavy atom. The van der Waals surface area contributed by atoms with Crippen molar-refractivity contribution >= 4 is 30.7 Å². The van der Waals surface area contributed by atoms with Crippen molar-refractivity contribution in [3.63, 3.8) is 0 Å². The van der Waals surface area contributed by atoms with Crippen LogP contribution in [0.2, 0.25) is 0 Å². The number of benzene rings is 3. The lowest BCUT2D eigenvalue weighted by Crippen LogP contribution is -2.49. The van der Waals surface area contributed by atoms with E-state index in [1.807, 2.05) is 32.9 Å². The average Bonchev–Trinajstić information content (AvgIpc) is 3.20. The van der Waals surface area contributed by atoms with Gasteiger partial charge in [0.15, 0.2) is 6.29 Å². The third-order valence-electron chi connectivity index (χ3n) is 7.54. The molecule has 6 heteroatoms. The van der Waals surface area contributed by atoms with E-state index in [1.165, 1.54) is 22.3 Å². The lowest BCUT2D eigenvalue weighted by molar-refractivity contribution is 0.0976. The van der Waals surface area contributed by atoms with Crippen molar-refractivity contribution in [2.75, 3.05) is 37.7 Å². The minimum absolute atomic E-state index is 0.0565. The van der Waals surface area contributed by atoms with Gasteiger partial charge < -0.3 is 14.5 Å². The Hall–Kier alpha value is -3.25. The summed E-state index contributed by atoms with van der Waals surface area (Å²) in [5.41, 5.74) is 9.59. The van der Waals surface area contributed by atoms with Crippen molar-refractivity contribution in [1.82, 2.24) is 4.90 Å². The molecule has 0 radical (unpaired) electrons. The number of nitrogens with zero attached hydrogens (tertiary/aromatic N) is 2. The molecule has 35 heavy (non-hydrogen) atoms. The van der Waals surface area contributed by atoms with Crippen molar-refractivity contribution in [2.24, 2.45) is 0 Å². The van der Waals surface area contributed by atoms with E-state index in [-0.39, 0.29) is 12.0 Å². The van der Waals surface area contributed by atoms with Crippen LogP contribution in [0.5, 0.6) is 0 Å². The molecule has 180 valence electrons. The Balaban J connectivity index is 1.26. The minimum Gasteiger partial charge on any atom is -0.448 e. The van der Waals surface area contributed by atoms with E-state index >= 15 is 0 Å². The van der Waals surface area contributed by atoms with Crippen LogP contribution < -0.4 is 4.90 Å². The highest BCUT2D eigenvalue weighted by molar-refractivity contribution is 7.80. The van der Waals surface area contributed by atoms with Crippen molar-refractivity contribution in [3.8, 4) is 11.1 Å². The first-order chi connectivity index (χ1) is 16.9. The predicted molar refractivity (Wildman–Crippen MR) is 142 cm³/mol. The van der Waals surface area contributed by atoms with Gasteiger partial charge in [-0.15, -0.1) is 12.6 Å². The predicted octanol–water partition coefficient (Wildman–Crippen LogP) is 5.78. The quantitative estimate of drug-likeness (QED) is 0.375. The van der Waals surface area contributed by atoms with E-state index < -0.39 is 0 Å². The number of hydrogen-bond acceptors (Lipinski definition) is 5. The molecular weight excluding hydrogens is 456 g/mol. The maximum Gasteiger partial charge on any atom is 0.409 e. The molecule has 1 aliphatic carbocycles. The van der Waals surface area contributed by atoms with Crippen molar-refractivity contribution in [1.29, 1.82) is 0 Å². The van der Waals surface area contributed by atoms with Crippen LogP contribution in [0, 0.1) is 20.8 Å². The van der Waals surface area contributed by atoms with Gasteiger partial charge >= 0.3 is 6.09 Å². The lowest BCUT2D eigenvalue weighted by Gasteiger charge is -2.38. The standard InChI is InChI=1S/C29H30N2O3S/c1-18-25(16-32)19(2)28(35)20(3)27(18)30-12-14-31(15-13-30)29(33)34-17-26-23-10-6-4-8-21(23)22-9-5-7-11-24(22)26/h4-11,16,26,35H,12-15,17H2,1-3H3. The number of hydrogen-bond donors (Lipinski definition) is 1. The zero-order valence-electron chi connectivity index (χ0n) is 20.4. The molecule has 1 saturated heterocycles. The van der Waals surface area contributed by atoms with Gasteiger partial charge in [-0.1, -0.05) is 48.5 Å². The topological polar surface area (TPSA) is 49.9 Å². The highest BCUT2D eigenvalue weighted by Crippen LogP contribution is 2.44. The molecule has 3 aromatic rings. The minimum atomic E-state index is -0.271. The fourth-order valence-corrected chi connectivity index (χ4v) is 5.89. The fraction of sp³-hybridized carbons (Fsp3) is 0.310. The number of aldehydes is 1. The van der Waals surface area contributed by atoms with E-state index in [9.17, 15) is 9.59 Å². The highest BCUT2D eigenvalue weighted by Gasteiger charge is 2.31. The number of ether oxygens (including phenoxy) is 1. The van der Waals surface area contributed by atoms with Gasteiger partial charge in [0.05, 0.1) is 0 Å². The fourth-order valence-electron chi connectivity index (χ4n) is 5.66. The Morgan fingerprint density at radius 3 is 2.06 bits per heavy atom. The maximum absolute atomic E-state index is 13.0. The smallest absolute Gasteiger partial charge is 0.409 e. The summed E-state index contributed by atoms with van der Waals surface area (Å²) >= 11 is 4.66. The monoisotopic (exact) mass is 486 g/mol. The first-order valence-electron chi connectivity index (χ1n) is 12.0. The molecule has 0 bridgehead atoms. The van der Waals surface area contributed by atoms with Gasteiger partial charge in [0.25, 0.3) is 0 Å². The van der Waals surface area contributed by atoms with Crippen LogP contribution in [-0.2, 0) is 4.74 Å². The molecule has 5 nitrogen and oxygen atoms in total. The zero-order valence-corrected chi connectivity index (χ0v) is 21.3. The van der Waals surface area contributed by atoms with Gasteiger partial charge in [-0.25, -0.2) is 4.79 Å². The van der Waals surface area contributed by atoms with Crippen LogP contribution in [0.4, 0.5) is 10.5 Å². The summed E-state index contributed by atoms with van der Waals surface area (Å²) in [4.78, 5) is 29.6. The molecule has 0 unspecified atom stereocenters. The second kappa shape index (κ2) is 9.42. The molecule has 3 aromatic carbocycles. The molecule has 0 saturated carbocycles. The van der Waals surface area contributed by atoms with Crippen molar-refractivity contribution in [2.45, 2.75) is 31.6 Å². The van der Waals surface area contributed by atoms with Gasteiger partial charge in [-0.2, -0.15) is 0 Å². The summed E-state index contributed by atoms with van der Waals surface area (Å²) in [7, 11) is 0. The molecule has 1 heterocycles. The summed E-state index contributed by atoms with van der Waals surface area (Å²) in [5, 5.41) is 0. The second-order valence-electron chi connectivity index (χ2n) is 9.38. The molecule has 5 rings (SSSR count). The Morgan fingerprint density at radius 2 is 1.49 bits per heavy atom. The first kappa shape index (κ1) is 23.5. The summed E-state index contributed by atoms with van der Waals surface area (Å²) in [5.74, 6) is 0.0565. The third kappa shape index (κ3) is 4.00. The Labute approximate surface area is 212 Å². The van der Waals surface area contributed by atoms with E-state index in [1.54, 1.807) is 4.90 Å². The number of carbonyl (C=O) groups excluding carboxylic acids is 2. The largest absolute Gasteiger partial charge is 0.448 e. The van der Waals surface area contributed by atoms with Gasteiger partial charge in [-0.05, 0) is 59.7 Å². The molecule has 0 N–H and O–H groups in total. The van der Waals surface area contributed by atoms with Crippen LogP contribution >= 0.6 is 12.6 Å². The Kier molecular flexibility index (Phi) is 6.32. The van der Waals surface area contributed by atoms with Crippen LogP contribution in [-0.4, -0.2) is 50.1 Å². The first-order valence-corrected chi connectivity index (χ1v) is 12.5. The zero-order chi connectivity index (χ0) is 24.7. The molecule has 2 aliphatic rings. The van der Waals surface area contributed by atoms with Gasteiger partial charge in [0, 0.05) is 48.2 Å². The number of carbonyl (C=O) groups is 2. The maximum atomic E-state index is 13.0. The van der Waals surface area contributed by atoms with Crippen molar-refractivity contribution in [3.05, 3.63) is 81.9 Å². The van der Waals surface area contributed by atoms with Crippen molar-refractivity contribution < 1.29 is 14.3 Å². The number of anilines is 1. The number of thiol groups is 1. The molecule has 0 atom stereocenters. The average molecular weight is 487 g/mol. The number of amides is 1. The highest BCUT2D eigenvalue weighted by atomic mass is 32.1. The summed E-state index contributed by atoms with van der Waals surface area (Å²) in [6.45, 7) is 8.80. The molecular formula is C29H30N2O3S. The van der Waals surface area contributed by atoms with Crippen LogP contribution in [0.1, 0.15) is 44.1 Å². The Bertz CT molecular complexity index is 1270. The lowest BCUT2D eigenvalue weighted by atomic mass is 9.96. The van der Waals surface area contributed by atoms with Gasteiger partial charge in [-0.3, -0.25) is 4.79 Å². The van der Waals surface area contributed by atoms with E-state index in [2.05, 4.69) is 53.9 Å². The normalized spacial score (nSPS) is 15.1. The third-order valence-corrected chi connectivity index (χ3v) is 8.21. The summed E-state index contributed by atoms with van der Waals surface area (Å²) in [6, 6.07) is 16.7. The van der Waals surface area contributed by atoms with Crippen LogP contribution in [0.15, 0.2) is 53.4 Å². The number of rotatable bonds is 4. The molecule has 0 aromatic heterocycles. The molecule has 1 fully saturated rings. The second-order valence-corrected chi connectivity index (χ2v) is 9.83. The SMILES string of the molecule is Cc1c(S)c(C)c(N2CCN(C(=O)OCC3c4ccccc4-c4ccccc43)CC2)c(C)c1C=O. The summed E-state index contributed by atoms with van der Waals surface area (Å²) < 4.78 is 5.85. The van der Waals surface area contributed by atoms with Gasteiger partial charge in [0.1, 0.15) is 6.61 Å². The van der Waals surface area contributed by atoms with E-state index in [0.717, 1.165) is 33.6 Å². The van der Waals surface area contributed by atoms with Gasteiger partial charge in [0.2, 0.25) is 0 Å². The van der Waals surface area contributed by atoms with Crippen LogP contribution in [0.25, 0.3) is 11.1 Å². The summed E-state index contributed by atoms with van der Waals surface area (Å²) in [6.07, 6.45) is 0.646. The van der Waals surface area contributed by atoms with Crippen LogP contribution in [0.3, 0.4) is 0 Å². The number of piperazine rings is 1. The molecule has 0 spiro atoms.